The summed E-state index contributed by atoms with van der Waals surface area (Å²) in [4.78, 5) is 24.6. The van der Waals surface area contributed by atoms with Crippen LogP contribution in [0.2, 0.25) is 0 Å². The second kappa shape index (κ2) is 22.9. The van der Waals surface area contributed by atoms with Crippen LogP contribution in [0.5, 0.6) is 0 Å². The molecule has 4 aromatic rings. The molecule has 0 amide bonds. The predicted octanol–water partition coefficient (Wildman–Crippen LogP) is 3.83. The molecular weight excluding hydrogens is 895 g/mol. The molecule has 0 saturated heterocycles. The van der Waals surface area contributed by atoms with Crippen molar-refractivity contribution in [2.75, 3.05) is 13.2 Å². The van der Waals surface area contributed by atoms with E-state index in [0.717, 1.165) is 11.3 Å². The van der Waals surface area contributed by atoms with Crippen LogP contribution in [0, 0.1) is 61.7 Å². The Bertz CT molecular complexity index is 1310. The van der Waals surface area contributed by atoms with Crippen LogP contribution >= 0.6 is 15.8 Å². The molecule has 2 aliphatic rings. The Morgan fingerprint density at radius 1 is 0.490 bits per heavy atom. The van der Waals surface area contributed by atoms with Crippen molar-refractivity contribution in [1.82, 2.24) is 0 Å². The molecule has 49 heavy (non-hydrogen) atoms. The van der Waals surface area contributed by atoms with Crippen molar-refractivity contribution in [2.45, 2.75) is 13.8 Å². The van der Waals surface area contributed by atoms with Gasteiger partial charge in [-0.05, 0) is 89.4 Å². The first-order valence-corrected chi connectivity index (χ1v) is 18.0. The minimum atomic E-state index is -0.774. The quantitative estimate of drug-likeness (QED) is 0.138. The van der Waals surface area contributed by atoms with E-state index in [-0.39, 0.29) is 63.8 Å². The summed E-state index contributed by atoms with van der Waals surface area (Å²) in [6.45, 7) is 4.44. The minimum absolute atomic E-state index is 0. The van der Waals surface area contributed by atoms with Gasteiger partial charge in [-0.15, -0.1) is 0 Å². The topological polar surface area (TPSA) is 52.6 Å². The molecule has 2 aliphatic carbocycles. The smallest absolute Gasteiger partial charge is 1.00 e. The summed E-state index contributed by atoms with van der Waals surface area (Å²) >= 11 is 0. The fraction of sp³-hybridized carbons (Fsp3) is 0.100. The van der Waals surface area contributed by atoms with Crippen molar-refractivity contribution in [3.05, 3.63) is 183 Å². The summed E-state index contributed by atoms with van der Waals surface area (Å²) in [6.07, 6.45) is 11.7. The van der Waals surface area contributed by atoms with Crippen molar-refractivity contribution >= 4 is 49.0 Å². The molecule has 2 fully saturated rings. The number of hydrogen-bond acceptors (Lipinski definition) is 4. The largest absolute Gasteiger partial charge is 3.00 e. The third-order valence-corrected chi connectivity index (χ3v) is 12.1. The van der Waals surface area contributed by atoms with E-state index in [1.165, 1.54) is 21.2 Å². The maximum absolute atomic E-state index is 12.3. The fourth-order valence-corrected chi connectivity index (χ4v) is 10.0. The molecule has 10 radical (unpaired) electrons. The van der Waals surface area contributed by atoms with Gasteiger partial charge in [0, 0.05) is 11.3 Å². The number of rotatable bonds is 10. The number of hydrogen-bond donors (Lipinski definition) is 0. The molecule has 0 aromatic heterocycles. The monoisotopic (exact) mass is 930 g/mol. The van der Waals surface area contributed by atoms with E-state index < -0.39 is 15.8 Å². The third-order valence-electron chi connectivity index (χ3n) is 7.12. The van der Waals surface area contributed by atoms with E-state index in [9.17, 15) is 9.59 Å². The predicted molar refractivity (Wildman–Crippen MR) is 190 cm³/mol. The van der Waals surface area contributed by atoms with Crippen LogP contribution in [0.1, 0.15) is 13.8 Å². The molecule has 0 heterocycles. The van der Waals surface area contributed by atoms with Crippen LogP contribution in [0.25, 0.3) is 0 Å². The van der Waals surface area contributed by atoms with Crippen molar-refractivity contribution in [3.8, 4) is 0 Å². The van der Waals surface area contributed by atoms with Crippen molar-refractivity contribution < 1.29 is 70.9 Å². The van der Waals surface area contributed by atoms with Crippen molar-refractivity contribution in [3.63, 3.8) is 0 Å². The van der Waals surface area contributed by atoms with E-state index in [0.29, 0.717) is 25.0 Å². The van der Waals surface area contributed by atoms with Crippen LogP contribution < -0.4 is 33.6 Å². The van der Waals surface area contributed by atoms with Gasteiger partial charge in [-0.3, -0.25) is 9.59 Å². The van der Waals surface area contributed by atoms with E-state index in [1.807, 2.05) is 125 Å². The van der Waals surface area contributed by atoms with Gasteiger partial charge >= 0.3 is 51.4 Å². The normalized spacial score (nSPS) is 14.9. The maximum Gasteiger partial charge on any atom is 3.00 e. The second-order valence-corrected chi connectivity index (χ2v) is 14.5. The van der Waals surface area contributed by atoms with Gasteiger partial charge < -0.3 is 21.9 Å². The van der Waals surface area contributed by atoms with Crippen molar-refractivity contribution in [2.24, 2.45) is 0 Å². The first-order valence-electron chi connectivity index (χ1n) is 15.3. The van der Waals surface area contributed by atoms with Crippen LogP contribution in [0.4, 0.5) is 0 Å². The standard InChI is InChI=1S/2C20H18O2P.Au.ClH.Fe/c2*1-2-22-20(21)18-14-9-15-19(18)23(16-10-5-3-6-11-16)17-12-7-4-8-13-17;;;/h2*3-15H,2H2,1H3;;1H;/q;;+3;;+2/p-1. The Kier molecular flexibility index (Phi) is 20.3. The Morgan fingerprint density at radius 3 is 1.00 bits per heavy atom. The van der Waals surface area contributed by atoms with Gasteiger partial charge in [-0.25, -0.2) is 0 Å². The van der Waals surface area contributed by atoms with Gasteiger partial charge in [0.05, 0.1) is 13.2 Å². The number of benzene rings is 4. The fourth-order valence-electron chi connectivity index (χ4n) is 5.14. The molecule has 9 heteroatoms. The van der Waals surface area contributed by atoms with Gasteiger partial charge in [0.15, 0.2) is 0 Å². The average Bonchev–Trinajstić information content (AvgIpc) is 3.79. The molecule has 0 unspecified atom stereocenters. The van der Waals surface area contributed by atoms with Crippen LogP contribution in [-0.2, 0) is 58.5 Å². The van der Waals surface area contributed by atoms with Crippen LogP contribution in [-0.4, -0.2) is 25.2 Å². The summed E-state index contributed by atoms with van der Waals surface area (Å²) in [6, 6.07) is 41.4. The molecule has 6 rings (SSSR count). The molecule has 0 spiro atoms. The molecule has 0 bridgehead atoms. The van der Waals surface area contributed by atoms with E-state index in [1.54, 1.807) is 0 Å². The van der Waals surface area contributed by atoms with Crippen LogP contribution in [0.15, 0.2) is 121 Å². The summed E-state index contributed by atoms with van der Waals surface area (Å²) in [5.41, 5.74) is 2.10. The number of carbonyl (C=O) groups is 2. The molecule has 0 atom stereocenters. The van der Waals surface area contributed by atoms with Gasteiger partial charge in [0.25, 0.3) is 0 Å². The van der Waals surface area contributed by atoms with Crippen LogP contribution in [0.3, 0.4) is 0 Å². The Balaban J connectivity index is 0.000000321. The number of esters is 2. The Hall–Kier alpha value is -1.77. The molecule has 2 saturated carbocycles. The second-order valence-electron chi connectivity index (χ2n) is 10.1. The summed E-state index contributed by atoms with van der Waals surface area (Å²) in [7, 11) is -1.55. The van der Waals surface area contributed by atoms with E-state index >= 15 is 0 Å². The zero-order valence-electron chi connectivity index (χ0n) is 27.0. The Morgan fingerprint density at radius 2 is 0.755 bits per heavy atom. The molecule has 252 valence electrons. The molecule has 4 nitrogen and oxygen atoms in total. The first-order chi connectivity index (χ1) is 22.6. The summed E-state index contributed by atoms with van der Waals surface area (Å²) in [5, 5.41) is 4.91. The summed E-state index contributed by atoms with van der Waals surface area (Å²) in [5.74, 6) is 0.857. The third kappa shape index (κ3) is 11.6. The molecular formula is C40H36AuClFeO4P2+4. The molecule has 4 aromatic carbocycles. The van der Waals surface area contributed by atoms with E-state index in [2.05, 4.69) is 48.5 Å². The maximum atomic E-state index is 12.3. The number of carbonyl (C=O) groups excluding carboxylic acids is 2. The average molecular weight is 931 g/mol. The number of halogens is 1. The van der Waals surface area contributed by atoms with Gasteiger partial charge in [-0.1, -0.05) is 121 Å². The summed E-state index contributed by atoms with van der Waals surface area (Å²) < 4.78 is 10.4. The first kappa shape index (κ1) is 43.4. The number of ether oxygens (including phenoxy) is 2. The van der Waals surface area contributed by atoms with Gasteiger partial charge in [0.1, 0.15) is 11.8 Å². The zero-order valence-corrected chi connectivity index (χ0v) is 32.8. The molecule has 0 N–H and O–H groups in total. The molecule has 0 aliphatic heterocycles. The SMILES string of the molecule is CCOC(=O)[C]1[CH][CH][CH][C]1P(c1ccccc1)c1ccccc1.CCOC(=O)[C]1[CH][CH][CH][C]1P(c1ccccc1)c1ccccc1.[Au+3].[Cl-].[Fe+2]. The Labute approximate surface area is 327 Å². The van der Waals surface area contributed by atoms with Gasteiger partial charge in [-0.2, -0.15) is 0 Å². The van der Waals surface area contributed by atoms with E-state index in [4.69, 9.17) is 9.47 Å². The minimum Gasteiger partial charge on any atom is -1.00 e. The van der Waals surface area contributed by atoms with Gasteiger partial charge in [0.2, 0.25) is 0 Å². The zero-order chi connectivity index (χ0) is 32.1. The van der Waals surface area contributed by atoms with Crippen molar-refractivity contribution in [1.29, 1.82) is 0 Å².